The molecule has 0 unspecified atom stereocenters. The van der Waals surface area contributed by atoms with Gasteiger partial charge in [-0.3, -0.25) is 4.98 Å². The summed E-state index contributed by atoms with van der Waals surface area (Å²) in [5, 5.41) is 8.90. The van der Waals surface area contributed by atoms with Crippen LogP contribution in [0.3, 0.4) is 0 Å². The molecule has 0 aliphatic heterocycles. The minimum atomic E-state index is -2.70. The average Bonchev–Trinajstić information content (AvgIpc) is 2.17. The van der Waals surface area contributed by atoms with Crippen molar-refractivity contribution < 1.29 is 13.9 Å². The number of aliphatic hydroxyl groups is 1. The van der Waals surface area contributed by atoms with E-state index in [0.717, 1.165) is 6.20 Å². The van der Waals surface area contributed by atoms with E-state index in [1.165, 1.54) is 0 Å². The van der Waals surface area contributed by atoms with Gasteiger partial charge in [-0.15, -0.1) is 0 Å². The van der Waals surface area contributed by atoms with E-state index in [4.69, 9.17) is 22.4 Å². The molecule has 0 saturated heterocycles. The summed E-state index contributed by atoms with van der Waals surface area (Å²) in [5.74, 6) is 0. The highest BCUT2D eigenvalue weighted by Crippen LogP contribution is 2.29. The Balaban J connectivity index is 3.28. The maximum atomic E-state index is 12.4. The van der Waals surface area contributed by atoms with Gasteiger partial charge in [-0.25, -0.2) is 8.78 Å². The van der Waals surface area contributed by atoms with Gasteiger partial charge in [-0.2, -0.15) is 0 Å². The van der Waals surface area contributed by atoms with Gasteiger partial charge in [0.1, 0.15) is 0 Å². The third-order valence-corrected chi connectivity index (χ3v) is 2.26. The predicted octanol–water partition coefficient (Wildman–Crippen LogP) is 1.62. The van der Waals surface area contributed by atoms with Crippen LogP contribution >= 0.6 is 11.6 Å². The molecule has 0 radical (unpaired) electrons. The normalized spacial score (nSPS) is 11.0. The zero-order valence-electron chi connectivity index (χ0n) is 7.17. The lowest BCUT2D eigenvalue weighted by molar-refractivity contribution is 0.146. The lowest BCUT2D eigenvalue weighted by atomic mass is 10.1. The van der Waals surface area contributed by atoms with Crippen LogP contribution in [-0.2, 0) is 13.2 Å². The van der Waals surface area contributed by atoms with E-state index in [9.17, 15) is 8.78 Å². The Hall–Kier alpha value is -0.780. The van der Waals surface area contributed by atoms with Crippen molar-refractivity contribution in [2.45, 2.75) is 19.6 Å². The fourth-order valence-electron chi connectivity index (χ4n) is 1.07. The number of hydrogen-bond donors (Lipinski definition) is 2. The standard InChI is InChI=1S/C8H9ClF2N2O/c9-7-5(3-14)4(8(10)11)2-13-6(7)1-12/h2,8,14H,1,3,12H2. The Bertz CT molecular complexity index is 333. The second-order valence-electron chi connectivity index (χ2n) is 2.62. The van der Waals surface area contributed by atoms with E-state index >= 15 is 0 Å². The van der Waals surface area contributed by atoms with Gasteiger partial charge in [0, 0.05) is 23.9 Å². The van der Waals surface area contributed by atoms with Crippen LogP contribution in [-0.4, -0.2) is 10.1 Å². The first-order valence-corrected chi connectivity index (χ1v) is 4.24. The van der Waals surface area contributed by atoms with Crippen LogP contribution in [0.2, 0.25) is 5.02 Å². The summed E-state index contributed by atoms with van der Waals surface area (Å²) in [6.45, 7) is -0.497. The zero-order valence-corrected chi connectivity index (χ0v) is 7.93. The number of pyridine rings is 1. The van der Waals surface area contributed by atoms with Crippen molar-refractivity contribution in [1.29, 1.82) is 0 Å². The SMILES string of the molecule is NCc1ncc(C(F)F)c(CO)c1Cl. The van der Waals surface area contributed by atoms with Crippen molar-refractivity contribution >= 4 is 11.6 Å². The first kappa shape index (κ1) is 11.3. The summed E-state index contributed by atoms with van der Waals surface area (Å²) in [4.78, 5) is 3.68. The lowest BCUT2D eigenvalue weighted by Gasteiger charge is -2.10. The highest BCUT2D eigenvalue weighted by atomic mass is 35.5. The minimum absolute atomic E-state index is 0.00267. The summed E-state index contributed by atoms with van der Waals surface area (Å²) < 4.78 is 24.8. The second-order valence-corrected chi connectivity index (χ2v) is 2.99. The third-order valence-electron chi connectivity index (χ3n) is 1.81. The zero-order chi connectivity index (χ0) is 10.7. The third kappa shape index (κ3) is 2.00. The molecule has 0 amide bonds. The molecule has 1 aromatic rings. The number of nitrogens with zero attached hydrogens (tertiary/aromatic N) is 1. The van der Waals surface area contributed by atoms with Gasteiger partial charge in [-0.05, 0) is 0 Å². The highest BCUT2D eigenvalue weighted by molar-refractivity contribution is 6.32. The summed E-state index contributed by atoms with van der Waals surface area (Å²) >= 11 is 5.72. The molecule has 0 aromatic carbocycles. The summed E-state index contributed by atoms with van der Waals surface area (Å²) in [6.07, 6.45) is -1.71. The molecular weight excluding hydrogens is 214 g/mol. The van der Waals surface area contributed by atoms with Crippen LogP contribution in [0.15, 0.2) is 6.20 Å². The van der Waals surface area contributed by atoms with Crippen LogP contribution in [0.1, 0.15) is 23.2 Å². The van der Waals surface area contributed by atoms with E-state index in [0.29, 0.717) is 5.69 Å². The first-order valence-electron chi connectivity index (χ1n) is 3.87. The van der Waals surface area contributed by atoms with Gasteiger partial charge in [0.2, 0.25) is 0 Å². The van der Waals surface area contributed by atoms with Crippen molar-refractivity contribution in [3.63, 3.8) is 0 Å². The van der Waals surface area contributed by atoms with E-state index in [1.807, 2.05) is 0 Å². The van der Waals surface area contributed by atoms with E-state index in [-0.39, 0.29) is 22.7 Å². The summed E-state index contributed by atoms with van der Waals surface area (Å²) in [5.41, 5.74) is 5.24. The van der Waals surface area contributed by atoms with Crippen molar-refractivity contribution in [3.8, 4) is 0 Å². The van der Waals surface area contributed by atoms with Crippen molar-refractivity contribution in [1.82, 2.24) is 4.98 Å². The summed E-state index contributed by atoms with van der Waals surface area (Å²) in [6, 6.07) is 0. The van der Waals surface area contributed by atoms with Gasteiger partial charge < -0.3 is 10.8 Å². The fourth-order valence-corrected chi connectivity index (χ4v) is 1.37. The van der Waals surface area contributed by atoms with Crippen molar-refractivity contribution in [2.75, 3.05) is 0 Å². The van der Waals surface area contributed by atoms with Gasteiger partial charge in [-0.1, -0.05) is 11.6 Å². The second kappa shape index (κ2) is 4.63. The Morgan fingerprint density at radius 1 is 1.57 bits per heavy atom. The lowest BCUT2D eigenvalue weighted by Crippen LogP contribution is -2.06. The van der Waals surface area contributed by atoms with Crippen LogP contribution < -0.4 is 5.73 Å². The van der Waals surface area contributed by atoms with Crippen molar-refractivity contribution in [3.05, 3.63) is 28.0 Å². The van der Waals surface area contributed by atoms with E-state index in [1.54, 1.807) is 0 Å². The Morgan fingerprint density at radius 2 is 2.21 bits per heavy atom. The van der Waals surface area contributed by atoms with Gasteiger partial charge >= 0.3 is 0 Å². The molecular formula is C8H9ClF2N2O. The maximum Gasteiger partial charge on any atom is 0.265 e. The van der Waals surface area contributed by atoms with Crippen LogP contribution in [0.5, 0.6) is 0 Å². The average molecular weight is 223 g/mol. The summed E-state index contributed by atoms with van der Waals surface area (Å²) in [7, 11) is 0. The molecule has 0 aliphatic carbocycles. The van der Waals surface area contributed by atoms with Crippen LogP contribution in [0.25, 0.3) is 0 Å². The van der Waals surface area contributed by atoms with Gasteiger partial charge in [0.05, 0.1) is 17.3 Å². The molecule has 78 valence electrons. The van der Waals surface area contributed by atoms with E-state index in [2.05, 4.69) is 4.98 Å². The molecule has 0 saturated carbocycles. The quantitative estimate of drug-likeness (QED) is 0.817. The Kier molecular flexibility index (Phi) is 3.74. The molecule has 0 spiro atoms. The predicted molar refractivity (Wildman–Crippen MR) is 48.0 cm³/mol. The van der Waals surface area contributed by atoms with Gasteiger partial charge in [0.15, 0.2) is 0 Å². The molecule has 6 heteroatoms. The van der Waals surface area contributed by atoms with Crippen LogP contribution in [0, 0.1) is 0 Å². The Labute approximate surface area is 84.5 Å². The first-order chi connectivity index (χ1) is 6.61. The molecule has 0 aliphatic rings. The molecule has 1 rings (SSSR count). The number of halogens is 3. The molecule has 1 heterocycles. The molecule has 0 fully saturated rings. The largest absolute Gasteiger partial charge is 0.392 e. The topological polar surface area (TPSA) is 59.1 Å². The number of aliphatic hydroxyl groups excluding tert-OH is 1. The van der Waals surface area contributed by atoms with Crippen LogP contribution in [0.4, 0.5) is 8.78 Å². The fraction of sp³-hybridized carbons (Fsp3) is 0.375. The molecule has 1 aromatic heterocycles. The number of hydrogen-bond acceptors (Lipinski definition) is 3. The molecule has 0 bridgehead atoms. The highest BCUT2D eigenvalue weighted by Gasteiger charge is 2.17. The maximum absolute atomic E-state index is 12.4. The molecule has 0 atom stereocenters. The van der Waals surface area contributed by atoms with E-state index < -0.39 is 13.0 Å². The van der Waals surface area contributed by atoms with Gasteiger partial charge in [0.25, 0.3) is 6.43 Å². The smallest absolute Gasteiger partial charge is 0.265 e. The minimum Gasteiger partial charge on any atom is -0.392 e. The molecule has 3 nitrogen and oxygen atoms in total. The number of nitrogens with two attached hydrogens (primary N) is 1. The number of aromatic nitrogens is 1. The van der Waals surface area contributed by atoms with Crippen molar-refractivity contribution in [2.24, 2.45) is 5.73 Å². The monoisotopic (exact) mass is 222 g/mol. The number of rotatable bonds is 3. The Morgan fingerprint density at radius 3 is 2.64 bits per heavy atom. The molecule has 3 N–H and O–H groups in total. The molecule has 14 heavy (non-hydrogen) atoms. The number of alkyl halides is 2.